The van der Waals surface area contributed by atoms with E-state index in [2.05, 4.69) is 15.0 Å². The number of aromatic nitrogens is 1. The summed E-state index contributed by atoms with van der Waals surface area (Å²) >= 11 is 0. The second kappa shape index (κ2) is 8.31. The van der Waals surface area contributed by atoms with Crippen LogP contribution < -0.4 is 14.8 Å². The first-order chi connectivity index (χ1) is 13.0. The van der Waals surface area contributed by atoms with Crippen LogP contribution in [0.2, 0.25) is 0 Å². The zero-order valence-corrected chi connectivity index (χ0v) is 14.3. The predicted octanol–water partition coefficient (Wildman–Crippen LogP) is 4.13. The zero-order valence-electron chi connectivity index (χ0n) is 14.3. The van der Waals surface area contributed by atoms with Gasteiger partial charge in [0.05, 0.1) is 19.2 Å². The van der Waals surface area contributed by atoms with E-state index in [1.54, 1.807) is 0 Å². The normalized spacial score (nSPS) is 10.7. The minimum Gasteiger partial charge on any atom is -0.493 e. The van der Waals surface area contributed by atoms with Crippen molar-refractivity contribution in [3.05, 3.63) is 60.5 Å². The molecule has 0 fully saturated rings. The molecule has 8 heteroatoms. The molecule has 0 spiro atoms. The SMILES string of the molecule is COc1ccc(NC(=O)Cc2coc(-c3ccccc3)n2)cc1OC(F)F. The maximum atomic E-state index is 12.5. The molecule has 0 aliphatic carbocycles. The fourth-order valence-corrected chi connectivity index (χ4v) is 2.41. The summed E-state index contributed by atoms with van der Waals surface area (Å²) in [4.78, 5) is 16.5. The molecular weight excluding hydrogens is 358 g/mol. The van der Waals surface area contributed by atoms with Gasteiger partial charge in [-0.05, 0) is 24.3 Å². The summed E-state index contributed by atoms with van der Waals surface area (Å²) in [5, 5.41) is 2.60. The van der Waals surface area contributed by atoms with Crippen molar-refractivity contribution in [2.75, 3.05) is 12.4 Å². The first-order valence-electron chi connectivity index (χ1n) is 7.97. The third kappa shape index (κ3) is 4.81. The Kier molecular flexibility index (Phi) is 5.65. The van der Waals surface area contributed by atoms with Crippen LogP contribution >= 0.6 is 0 Å². The van der Waals surface area contributed by atoms with Crippen LogP contribution in [0.15, 0.2) is 59.2 Å². The molecule has 3 rings (SSSR count). The van der Waals surface area contributed by atoms with Gasteiger partial charge in [-0.1, -0.05) is 18.2 Å². The highest BCUT2D eigenvalue weighted by molar-refractivity contribution is 5.92. The number of rotatable bonds is 7. The molecule has 0 saturated carbocycles. The molecule has 1 N–H and O–H groups in total. The fraction of sp³-hybridized carbons (Fsp3) is 0.158. The zero-order chi connectivity index (χ0) is 19.2. The topological polar surface area (TPSA) is 73.6 Å². The highest BCUT2D eigenvalue weighted by atomic mass is 19.3. The summed E-state index contributed by atoms with van der Waals surface area (Å²) in [6.07, 6.45) is 1.37. The van der Waals surface area contributed by atoms with Crippen molar-refractivity contribution in [1.29, 1.82) is 0 Å². The average molecular weight is 374 g/mol. The van der Waals surface area contributed by atoms with Gasteiger partial charge in [-0.3, -0.25) is 4.79 Å². The molecule has 1 heterocycles. The van der Waals surface area contributed by atoms with E-state index in [0.717, 1.165) is 5.56 Å². The predicted molar refractivity (Wildman–Crippen MR) is 93.9 cm³/mol. The van der Waals surface area contributed by atoms with Crippen LogP contribution in [0.4, 0.5) is 14.5 Å². The van der Waals surface area contributed by atoms with Gasteiger partial charge in [0.1, 0.15) is 6.26 Å². The second-order valence-electron chi connectivity index (χ2n) is 5.48. The maximum absolute atomic E-state index is 12.5. The van der Waals surface area contributed by atoms with Gasteiger partial charge >= 0.3 is 6.61 Å². The van der Waals surface area contributed by atoms with Crippen LogP contribution in [-0.2, 0) is 11.2 Å². The van der Waals surface area contributed by atoms with Gasteiger partial charge in [0.25, 0.3) is 0 Å². The van der Waals surface area contributed by atoms with Crippen LogP contribution in [0, 0.1) is 0 Å². The van der Waals surface area contributed by atoms with E-state index in [4.69, 9.17) is 9.15 Å². The van der Waals surface area contributed by atoms with Crippen LogP contribution in [0.3, 0.4) is 0 Å². The number of hydrogen-bond acceptors (Lipinski definition) is 5. The van der Waals surface area contributed by atoms with E-state index >= 15 is 0 Å². The molecule has 140 valence electrons. The Morgan fingerprint density at radius 3 is 2.67 bits per heavy atom. The van der Waals surface area contributed by atoms with Crippen LogP contribution in [0.5, 0.6) is 11.5 Å². The molecule has 0 aliphatic heterocycles. The molecule has 0 atom stereocenters. The molecule has 3 aromatic rings. The molecule has 0 unspecified atom stereocenters. The number of oxazole rings is 1. The molecule has 0 aliphatic rings. The Bertz CT molecular complexity index is 913. The largest absolute Gasteiger partial charge is 0.493 e. The van der Waals surface area contributed by atoms with E-state index in [9.17, 15) is 13.6 Å². The Morgan fingerprint density at radius 2 is 1.96 bits per heavy atom. The lowest BCUT2D eigenvalue weighted by molar-refractivity contribution is -0.115. The summed E-state index contributed by atoms with van der Waals surface area (Å²) in [6.45, 7) is -3.00. The average Bonchev–Trinajstić information content (AvgIpc) is 3.10. The van der Waals surface area contributed by atoms with Gasteiger partial charge in [0.15, 0.2) is 11.5 Å². The molecule has 2 aromatic carbocycles. The maximum Gasteiger partial charge on any atom is 0.387 e. The monoisotopic (exact) mass is 374 g/mol. The molecule has 1 aromatic heterocycles. The molecule has 0 radical (unpaired) electrons. The number of methoxy groups -OCH3 is 1. The number of carbonyl (C=O) groups excluding carboxylic acids is 1. The van der Waals surface area contributed by atoms with Crippen molar-refractivity contribution in [1.82, 2.24) is 4.98 Å². The number of amides is 1. The van der Waals surface area contributed by atoms with Crippen LogP contribution in [-0.4, -0.2) is 24.6 Å². The van der Waals surface area contributed by atoms with Crippen molar-refractivity contribution in [3.8, 4) is 23.0 Å². The van der Waals surface area contributed by atoms with Gasteiger partial charge in [0, 0.05) is 17.3 Å². The fourth-order valence-electron chi connectivity index (χ4n) is 2.41. The van der Waals surface area contributed by atoms with Gasteiger partial charge < -0.3 is 19.2 Å². The number of nitrogens with zero attached hydrogens (tertiary/aromatic N) is 1. The minimum absolute atomic E-state index is 0.0343. The molecule has 0 bridgehead atoms. The molecule has 6 nitrogen and oxygen atoms in total. The van der Waals surface area contributed by atoms with Crippen LogP contribution in [0.25, 0.3) is 11.5 Å². The smallest absolute Gasteiger partial charge is 0.387 e. The lowest BCUT2D eigenvalue weighted by atomic mass is 10.2. The summed E-state index contributed by atoms with van der Waals surface area (Å²) in [5.74, 6) is 0.00180. The summed E-state index contributed by atoms with van der Waals surface area (Å²) in [7, 11) is 1.33. The van der Waals surface area contributed by atoms with Crippen molar-refractivity contribution >= 4 is 11.6 Å². The molecule has 1 amide bonds. The summed E-state index contributed by atoms with van der Waals surface area (Å²) in [6, 6.07) is 13.5. The lowest BCUT2D eigenvalue weighted by Crippen LogP contribution is -2.15. The van der Waals surface area contributed by atoms with Crippen LogP contribution in [0.1, 0.15) is 5.69 Å². The van der Waals surface area contributed by atoms with Crippen molar-refractivity contribution in [2.24, 2.45) is 0 Å². The van der Waals surface area contributed by atoms with E-state index in [1.807, 2.05) is 30.3 Å². The molecule has 27 heavy (non-hydrogen) atoms. The minimum atomic E-state index is -3.00. The first-order valence-corrected chi connectivity index (χ1v) is 7.97. The number of alkyl halides is 2. The van der Waals surface area contributed by atoms with Crippen molar-refractivity contribution < 1.29 is 27.5 Å². The number of halogens is 2. The Labute approximate surface area is 153 Å². The first kappa shape index (κ1) is 18.4. The van der Waals surface area contributed by atoms with Crippen molar-refractivity contribution in [2.45, 2.75) is 13.0 Å². The number of anilines is 1. The van der Waals surface area contributed by atoms with Gasteiger partial charge in [-0.15, -0.1) is 0 Å². The van der Waals surface area contributed by atoms with E-state index in [1.165, 1.54) is 31.6 Å². The van der Waals surface area contributed by atoms with Gasteiger partial charge in [-0.2, -0.15) is 8.78 Å². The van der Waals surface area contributed by atoms with Gasteiger partial charge in [0.2, 0.25) is 11.8 Å². The number of hydrogen-bond donors (Lipinski definition) is 1. The van der Waals surface area contributed by atoms with Crippen molar-refractivity contribution in [3.63, 3.8) is 0 Å². The second-order valence-corrected chi connectivity index (χ2v) is 5.48. The van der Waals surface area contributed by atoms with E-state index < -0.39 is 6.61 Å². The summed E-state index contributed by atoms with van der Waals surface area (Å²) in [5.41, 5.74) is 1.54. The third-order valence-electron chi connectivity index (χ3n) is 3.58. The number of nitrogens with one attached hydrogen (secondary N) is 1. The Morgan fingerprint density at radius 1 is 1.19 bits per heavy atom. The standard InChI is InChI=1S/C19H16F2N2O4/c1-25-15-8-7-13(9-16(15)27-19(20)21)22-17(24)10-14-11-26-18(23-14)12-5-3-2-4-6-12/h2-9,11,19H,10H2,1H3,(H,22,24). The quantitative estimate of drug-likeness (QED) is 0.673. The molecule has 0 saturated heterocycles. The van der Waals surface area contributed by atoms with E-state index in [0.29, 0.717) is 17.3 Å². The third-order valence-corrected chi connectivity index (χ3v) is 3.58. The Balaban J connectivity index is 1.67. The van der Waals surface area contributed by atoms with E-state index in [-0.39, 0.29) is 23.8 Å². The number of ether oxygens (including phenoxy) is 2. The Hall–Kier alpha value is -3.42. The highest BCUT2D eigenvalue weighted by Crippen LogP contribution is 2.31. The van der Waals surface area contributed by atoms with Gasteiger partial charge in [-0.25, -0.2) is 4.98 Å². The number of carbonyl (C=O) groups is 1. The highest BCUT2D eigenvalue weighted by Gasteiger charge is 2.14. The molecular formula is C19H16F2N2O4. The number of benzene rings is 2. The summed E-state index contributed by atoms with van der Waals surface area (Å²) < 4.78 is 39.7. The lowest BCUT2D eigenvalue weighted by Gasteiger charge is -2.12.